The van der Waals surface area contributed by atoms with Crippen LogP contribution in [0.15, 0.2) is 24.3 Å². The van der Waals surface area contributed by atoms with Gasteiger partial charge in [-0.2, -0.15) is 24.1 Å². The first-order chi connectivity index (χ1) is 12.5. The molecule has 0 aliphatic heterocycles. The Morgan fingerprint density at radius 3 is 1.89 bits per heavy atom. The predicted octanol–water partition coefficient (Wildman–Crippen LogP) is 3.69. The molecular formula is C23H43KO3. The molecule has 4 heteroatoms. The number of esters is 1. The topological polar surface area (TPSA) is 46.5 Å². The third-order valence-corrected chi connectivity index (χ3v) is 2.92. The van der Waals surface area contributed by atoms with Crippen molar-refractivity contribution in [3.05, 3.63) is 41.8 Å². The Labute approximate surface area is 212 Å². The zero-order valence-electron chi connectivity index (χ0n) is 19.5. The molecule has 0 heterocycles. The van der Waals surface area contributed by atoms with E-state index in [1.54, 1.807) is 12.1 Å². The number of ether oxygens (including phenoxy) is 1. The molecule has 1 aromatic rings. The van der Waals surface area contributed by atoms with E-state index in [-0.39, 0.29) is 57.4 Å². The fraction of sp³-hybridized carbons (Fsp3) is 0.652. The number of rotatable bonds is 7. The van der Waals surface area contributed by atoms with E-state index in [1.165, 1.54) is 6.42 Å². The Balaban J connectivity index is -0.000000202. The van der Waals surface area contributed by atoms with Crippen molar-refractivity contribution in [1.29, 1.82) is 0 Å². The Kier molecular flexibility index (Phi) is 36.4. The average Bonchev–Trinajstić information content (AvgIpc) is 2.65. The van der Waals surface area contributed by atoms with Crippen molar-refractivity contribution in [1.82, 2.24) is 0 Å². The van der Waals surface area contributed by atoms with E-state index in [9.17, 15) is 4.79 Å². The van der Waals surface area contributed by atoms with E-state index < -0.39 is 0 Å². The summed E-state index contributed by atoms with van der Waals surface area (Å²) in [6, 6.07) is 7.43. The zero-order valence-corrected chi connectivity index (χ0v) is 22.6. The van der Waals surface area contributed by atoms with Gasteiger partial charge in [-0.15, -0.1) is 12.1 Å². The zero-order chi connectivity index (χ0) is 20.8. The second-order valence-corrected chi connectivity index (χ2v) is 6.01. The van der Waals surface area contributed by atoms with Gasteiger partial charge in [-0.3, -0.25) is 0 Å². The maximum atomic E-state index is 11.6. The maximum absolute atomic E-state index is 11.6. The molecule has 0 unspecified atom stereocenters. The first-order valence-corrected chi connectivity index (χ1v) is 10.1. The minimum atomic E-state index is -0.233. The number of carbonyl (C=O) groups is 1. The molecule has 0 amide bonds. The Bertz CT molecular complexity index is 387. The molecule has 0 atom stereocenters. The molecule has 0 aromatic heterocycles. The van der Waals surface area contributed by atoms with Crippen LogP contribution in [0, 0.1) is 12.3 Å². The molecular weight excluding hydrogens is 363 g/mol. The molecule has 0 spiro atoms. The van der Waals surface area contributed by atoms with Crippen LogP contribution in [0.25, 0.3) is 0 Å². The molecule has 0 radical (unpaired) electrons. The first kappa shape index (κ1) is 34.6. The third-order valence-electron chi connectivity index (χ3n) is 2.92. The van der Waals surface area contributed by atoms with Gasteiger partial charge < -0.3 is 9.84 Å². The molecule has 0 bridgehead atoms. The summed E-state index contributed by atoms with van der Waals surface area (Å²) in [4.78, 5) is 11.6. The number of benzene rings is 1. The summed E-state index contributed by atoms with van der Waals surface area (Å²) < 4.78 is 5.16. The van der Waals surface area contributed by atoms with Crippen molar-refractivity contribution in [2.75, 3.05) is 13.2 Å². The first-order valence-electron chi connectivity index (χ1n) is 10.1. The van der Waals surface area contributed by atoms with Gasteiger partial charge >= 0.3 is 57.4 Å². The van der Waals surface area contributed by atoms with E-state index in [2.05, 4.69) is 34.6 Å². The molecule has 1 aromatic carbocycles. The largest absolute Gasteiger partial charge is 1.00 e. The summed E-state index contributed by atoms with van der Waals surface area (Å²) in [7, 11) is 0. The molecule has 1 rings (SSSR count). The SMILES string of the molecule is CC.CCC.CCCCO.C[CH-]c1ccc(C(=O)OCCC(C)C)cc1.[K+]. The van der Waals surface area contributed by atoms with Gasteiger partial charge in [0.15, 0.2) is 0 Å². The van der Waals surface area contributed by atoms with Gasteiger partial charge in [0.1, 0.15) is 0 Å². The van der Waals surface area contributed by atoms with Gasteiger partial charge in [0, 0.05) is 12.2 Å². The van der Waals surface area contributed by atoms with Crippen molar-refractivity contribution in [3.8, 4) is 0 Å². The van der Waals surface area contributed by atoms with Crippen molar-refractivity contribution in [3.63, 3.8) is 0 Å². The molecule has 3 nitrogen and oxygen atoms in total. The summed E-state index contributed by atoms with van der Waals surface area (Å²) in [5.41, 5.74) is 1.73. The quantitative estimate of drug-likeness (QED) is 0.427. The second kappa shape index (κ2) is 28.4. The molecule has 0 saturated heterocycles. The summed E-state index contributed by atoms with van der Waals surface area (Å²) >= 11 is 0. The van der Waals surface area contributed by atoms with Crippen molar-refractivity contribution in [2.24, 2.45) is 5.92 Å². The molecule has 0 aliphatic rings. The predicted molar refractivity (Wildman–Crippen MR) is 115 cm³/mol. The Morgan fingerprint density at radius 2 is 1.59 bits per heavy atom. The molecule has 1 N–H and O–H groups in total. The second-order valence-electron chi connectivity index (χ2n) is 6.01. The van der Waals surface area contributed by atoms with Gasteiger partial charge in [-0.05, 0) is 18.8 Å². The monoisotopic (exact) mass is 406 g/mol. The van der Waals surface area contributed by atoms with Gasteiger partial charge in [0.05, 0.1) is 6.61 Å². The van der Waals surface area contributed by atoms with Crippen LogP contribution in [0.3, 0.4) is 0 Å². The van der Waals surface area contributed by atoms with E-state index in [1.807, 2.05) is 39.3 Å². The number of hydrogen-bond acceptors (Lipinski definition) is 3. The van der Waals surface area contributed by atoms with E-state index in [4.69, 9.17) is 9.84 Å². The number of aliphatic hydroxyl groups is 1. The Hall–Kier alpha value is 0.156. The fourth-order valence-electron chi connectivity index (χ4n) is 1.44. The number of hydrogen-bond donors (Lipinski definition) is 1. The van der Waals surface area contributed by atoms with E-state index in [0.29, 0.717) is 24.7 Å². The summed E-state index contributed by atoms with van der Waals surface area (Å²) in [5, 5.41) is 8.07. The molecule has 27 heavy (non-hydrogen) atoms. The van der Waals surface area contributed by atoms with Crippen molar-refractivity contribution in [2.45, 2.75) is 81.1 Å². The molecule has 154 valence electrons. The number of unbranched alkanes of at least 4 members (excludes halogenated alkanes) is 1. The van der Waals surface area contributed by atoms with Crippen molar-refractivity contribution >= 4 is 5.97 Å². The summed E-state index contributed by atoms with van der Waals surface area (Å²) in [6.07, 6.45) is 6.19. The van der Waals surface area contributed by atoms with Gasteiger partial charge in [0.25, 0.3) is 0 Å². The van der Waals surface area contributed by atoms with Crippen LogP contribution < -0.4 is 51.4 Å². The van der Waals surface area contributed by atoms with Gasteiger partial charge in [-0.1, -0.05) is 68.2 Å². The summed E-state index contributed by atoms with van der Waals surface area (Å²) in [6.45, 7) is 17.3. The average molecular weight is 407 g/mol. The number of aliphatic hydroxyl groups excluding tert-OH is 1. The van der Waals surface area contributed by atoms with E-state index in [0.717, 1.165) is 24.8 Å². The van der Waals surface area contributed by atoms with Crippen LogP contribution in [-0.4, -0.2) is 24.3 Å². The Morgan fingerprint density at radius 1 is 1.11 bits per heavy atom. The minimum Gasteiger partial charge on any atom is -0.462 e. The fourth-order valence-corrected chi connectivity index (χ4v) is 1.44. The molecule has 0 saturated carbocycles. The molecule has 0 fully saturated rings. The van der Waals surface area contributed by atoms with Crippen LogP contribution in [0.2, 0.25) is 0 Å². The smallest absolute Gasteiger partial charge is 0.462 e. The van der Waals surface area contributed by atoms with E-state index >= 15 is 0 Å². The minimum absolute atomic E-state index is 0. The standard InChI is InChI=1S/C14H19O2.C4H10O.C3H8.C2H6.K/c1-4-12-5-7-13(8-6-12)14(15)16-10-9-11(2)3;1-2-3-4-5;1-3-2;1-2;/h4-8,11H,9-10H2,1-3H3;5H,2-4H2,1H3;3H2,1-2H3;1-2H3;/q-1;;;;+1. The normalized spacial score (nSPS) is 8.52. The van der Waals surface area contributed by atoms with Gasteiger partial charge in [-0.25, -0.2) is 4.79 Å². The van der Waals surface area contributed by atoms with Crippen LogP contribution in [0.5, 0.6) is 0 Å². The van der Waals surface area contributed by atoms with Crippen LogP contribution >= 0.6 is 0 Å². The third kappa shape index (κ3) is 26.2. The van der Waals surface area contributed by atoms with Crippen LogP contribution in [0.1, 0.15) is 97.0 Å². The summed E-state index contributed by atoms with van der Waals surface area (Å²) in [5.74, 6) is 0.327. The maximum Gasteiger partial charge on any atom is 1.00 e. The van der Waals surface area contributed by atoms with Crippen molar-refractivity contribution < 1.29 is 66.0 Å². The number of carbonyl (C=O) groups excluding carboxylic acids is 1. The van der Waals surface area contributed by atoms with Crippen LogP contribution in [-0.2, 0) is 4.74 Å². The van der Waals surface area contributed by atoms with Gasteiger partial charge in [0.2, 0.25) is 0 Å². The van der Waals surface area contributed by atoms with Crippen LogP contribution in [0.4, 0.5) is 0 Å². The molecule has 0 aliphatic carbocycles.